The lowest BCUT2D eigenvalue weighted by atomic mass is 9.89. The predicted octanol–water partition coefficient (Wildman–Crippen LogP) is 1.89. The molecule has 1 N–H and O–H groups in total. The lowest BCUT2D eigenvalue weighted by molar-refractivity contribution is 0.112. The summed E-state index contributed by atoms with van der Waals surface area (Å²) in [5.41, 5.74) is 16.5. The third-order valence-electron chi connectivity index (χ3n) is 2.15. The Morgan fingerprint density at radius 1 is 1.08 bits per heavy atom. The maximum absolute atomic E-state index is 9.27. The first-order chi connectivity index (χ1) is 6.27. The minimum absolute atomic E-state index is 0.302. The summed E-state index contributed by atoms with van der Waals surface area (Å²) in [4.78, 5) is 5.33. The number of aliphatic hydroxyl groups excluding tert-OH is 1. The first kappa shape index (κ1) is 9.67. The standard InChI is InChI=1S/C6H10N6O/c7-11-9-5-2-1-4(13)3-6(5)10-12-8/h4-6,13H,1-3H2. The number of hydrogen-bond acceptors (Lipinski definition) is 3. The van der Waals surface area contributed by atoms with Crippen LogP contribution in [0, 0.1) is 0 Å². The summed E-state index contributed by atoms with van der Waals surface area (Å²) in [5, 5.41) is 16.3. The van der Waals surface area contributed by atoms with Crippen LogP contribution in [0.4, 0.5) is 0 Å². The molecule has 0 aliphatic heterocycles. The van der Waals surface area contributed by atoms with Gasteiger partial charge in [0.25, 0.3) is 0 Å². The normalized spacial score (nSPS) is 32.8. The molecule has 0 aromatic carbocycles. The molecule has 0 radical (unpaired) electrons. The van der Waals surface area contributed by atoms with Gasteiger partial charge in [-0.25, -0.2) is 0 Å². The second-order valence-corrected chi connectivity index (χ2v) is 3.01. The van der Waals surface area contributed by atoms with E-state index in [0.29, 0.717) is 19.3 Å². The Kier molecular flexibility index (Phi) is 3.40. The molecule has 0 amide bonds. The molecule has 0 spiro atoms. The highest BCUT2D eigenvalue weighted by atomic mass is 16.3. The summed E-state index contributed by atoms with van der Waals surface area (Å²) in [5.74, 6) is 0. The number of rotatable bonds is 2. The molecule has 1 fully saturated rings. The van der Waals surface area contributed by atoms with E-state index in [1.54, 1.807) is 0 Å². The van der Waals surface area contributed by atoms with Gasteiger partial charge in [0.1, 0.15) is 0 Å². The van der Waals surface area contributed by atoms with Crippen molar-refractivity contribution in [3.05, 3.63) is 20.9 Å². The Bertz CT molecular complexity index is 266. The zero-order valence-corrected chi connectivity index (χ0v) is 6.98. The first-order valence-corrected chi connectivity index (χ1v) is 4.04. The topological polar surface area (TPSA) is 118 Å². The Hall–Kier alpha value is -1.42. The maximum Gasteiger partial charge on any atom is 0.0544 e. The molecule has 3 atom stereocenters. The van der Waals surface area contributed by atoms with Crippen molar-refractivity contribution in [2.24, 2.45) is 10.2 Å². The van der Waals surface area contributed by atoms with E-state index in [-0.39, 0.29) is 6.04 Å². The number of aliphatic hydroxyl groups is 1. The molecule has 13 heavy (non-hydrogen) atoms. The van der Waals surface area contributed by atoms with Crippen LogP contribution in [0.25, 0.3) is 20.9 Å². The van der Waals surface area contributed by atoms with Gasteiger partial charge in [0, 0.05) is 21.9 Å². The van der Waals surface area contributed by atoms with Crippen LogP contribution in [-0.2, 0) is 0 Å². The van der Waals surface area contributed by atoms with E-state index in [0.717, 1.165) is 0 Å². The molecule has 3 unspecified atom stereocenters. The monoisotopic (exact) mass is 182 g/mol. The third kappa shape index (κ3) is 2.52. The van der Waals surface area contributed by atoms with Gasteiger partial charge in [0.2, 0.25) is 0 Å². The molecule has 7 nitrogen and oxygen atoms in total. The van der Waals surface area contributed by atoms with Gasteiger partial charge in [-0.3, -0.25) is 0 Å². The van der Waals surface area contributed by atoms with Gasteiger partial charge in [-0.05, 0) is 30.3 Å². The van der Waals surface area contributed by atoms with E-state index >= 15 is 0 Å². The summed E-state index contributed by atoms with van der Waals surface area (Å²) < 4.78 is 0. The zero-order valence-electron chi connectivity index (χ0n) is 6.98. The maximum atomic E-state index is 9.27. The van der Waals surface area contributed by atoms with Crippen molar-refractivity contribution in [2.45, 2.75) is 37.5 Å². The molecule has 0 aromatic rings. The van der Waals surface area contributed by atoms with Gasteiger partial charge in [0.05, 0.1) is 6.10 Å². The van der Waals surface area contributed by atoms with E-state index < -0.39 is 12.1 Å². The molecule has 0 aromatic heterocycles. The Labute approximate surface area is 74.6 Å². The van der Waals surface area contributed by atoms with Gasteiger partial charge in [-0.15, -0.1) is 0 Å². The Morgan fingerprint density at radius 3 is 2.31 bits per heavy atom. The number of azide groups is 2. The lowest BCUT2D eigenvalue weighted by Gasteiger charge is -2.27. The van der Waals surface area contributed by atoms with Crippen molar-refractivity contribution in [2.75, 3.05) is 0 Å². The number of hydrogen-bond donors (Lipinski definition) is 1. The average Bonchev–Trinajstić information content (AvgIpc) is 2.10. The van der Waals surface area contributed by atoms with E-state index in [1.807, 2.05) is 0 Å². The summed E-state index contributed by atoms with van der Waals surface area (Å²) in [6, 6.07) is -0.700. The van der Waals surface area contributed by atoms with Gasteiger partial charge in [-0.1, -0.05) is 10.2 Å². The molecule has 0 heterocycles. The zero-order chi connectivity index (χ0) is 9.68. The Morgan fingerprint density at radius 2 is 1.69 bits per heavy atom. The van der Waals surface area contributed by atoms with Gasteiger partial charge >= 0.3 is 0 Å². The minimum atomic E-state index is -0.444. The smallest absolute Gasteiger partial charge is 0.0544 e. The minimum Gasteiger partial charge on any atom is -0.393 e. The van der Waals surface area contributed by atoms with Crippen molar-refractivity contribution < 1.29 is 5.11 Å². The fraction of sp³-hybridized carbons (Fsp3) is 1.00. The summed E-state index contributed by atoms with van der Waals surface area (Å²) in [7, 11) is 0. The third-order valence-corrected chi connectivity index (χ3v) is 2.15. The molecular formula is C6H10N6O. The van der Waals surface area contributed by atoms with Gasteiger partial charge in [-0.2, -0.15) is 0 Å². The van der Waals surface area contributed by atoms with Crippen LogP contribution in [0.2, 0.25) is 0 Å². The molecule has 1 saturated carbocycles. The van der Waals surface area contributed by atoms with Crippen LogP contribution in [0.5, 0.6) is 0 Å². The fourth-order valence-corrected chi connectivity index (χ4v) is 1.50. The van der Waals surface area contributed by atoms with E-state index in [9.17, 15) is 5.11 Å². The second kappa shape index (κ2) is 4.57. The van der Waals surface area contributed by atoms with Crippen molar-refractivity contribution >= 4 is 0 Å². The van der Waals surface area contributed by atoms with Gasteiger partial charge < -0.3 is 5.11 Å². The lowest BCUT2D eigenvalue weighted by Crippen LogP contribution is -2.33. The van der Waals surface area contributed by atoms with Crippen LogP contribution in [-0.4, -0.2) is 23.3 Å². The van der Waals surface area contributed by atoms with Crippen LogP contribution in [0.15, 0.2) is 10.2 Å². The van der Waals surface area contributed by atoms with Crippen LogP contribution >= 0.6 is 0 Å². The highest BCUT2D eigenvalue weighted by molar-refractivity contribution is 4.89. The van der Waals surface area contributed by atoms with E-state index in [2.05, 4.69) is 20.1 Å². The van der Waals surface area contributed by atoms with Crippen LogP contribution in [0.3, 0.4) is 0 Å². The molecule has 1 aliphatic carbocycles. The number of nitrogens with zero attached hydrogens (tertiary/aromatic N) is 6. The SMILES string of the molecule is [N-]=[N+]=NC1CCC(O)CC1N=[N+]=[N-]. The second-order valence-electron chi connectivity index (χ2n) is 3.01. The molecule has 0 bridgehead atoms. The van der Waals surface area contributed by atoms with Crippen LogP contribution in [0.1, 0.15) is 19.3 Å². The van der Waals surface area contributed by atoms with E-state index in [4.69, 9.17) is 11.1 Å². The highest BCUT2D eigenvalue weighted by Crippen LogP contribution is 2.24. The molecule has 7 heteroatoms. The van der Waals surface area contributed by atoms with Crippen molar-refractivity contribution in [1.82, 2.24) is 0 Å². The van der Waals surface area contributed by atoms with Crippen LogP contribution < -0.4 is 0 Å². The van der Waals surface area contributed by atoms with E-state index in [1.165, 1.54) is 0 Å². The van der Waals surface area contributed by atoms with Crippen molar-refractivity contribution in [3.63, 3.8) is 0 Å². The van der Waals surface area contributed by atoms with Crippen molar-refractivity contribution in [3.8, 4) is 0 Å². The molecule has 0 saturated heterocycles. The molecule has 70 valence electrons. The van der Waals surface area contributed by atoms with Crippen molar-refractivity contribution in [1.29, 1.82) is 0 Å². The van der Waals surface area contributed by atoms with Gasteiger partial charge in [0.15, 0.2) is 0 Å². The summed E-state index contributed by atoms with van der Waals surface area (Å²) >= 11 is 0. The quantitative estimate of drug-likeness (QED) is 0.391. The Balaban J connectivity index is 2.70. The molecule has 1 rings (SSSR count). The molecule has 1 aliphatic rings. The summed E-state index contributed by atoms with van der Waals surface area (Å²) in [6.07, 6.45) is 1.12. The highest BCUT2D eigenvalue weighted by Gasteiger charge is 2.27. The fourth-order valence-electron chi connectivity index (χ4n) is 1.50. The summed E-state index contributed by atoms with van der Waals surface area (Å²) in [6.45, 7) is 0. The average molecular weight is 182 g/mol. The predicted molar refractivity (Wildman–Crippen MR) is 45.7 cm³/mol. The largest absolute Gasteiger partial charge is 0.393 e. The first-order valence-electron chi connectivity index (χ1n) is 4.04. The molecular weight excluding hydrogens is 172 g/mol.